The lowest BCUT2D eigenvalue weighted by atomic mass is 9.78. The van der Waals surface area contributed by atoms with Gasteiger partial charge in [0, 0.05) is 60.8 Å². The van der Waals surface area contributed by atoms with Crippen LogP contribution in [0.4, 0.5) is 0 Å². The Hall–Kier alpha value is -8.02. The Kier molecular flexibility index (Phi) is 7.81. The minimum atomic E-state index is -0.203. The Morgan fingerprint density at radius 1 is 0.403 bits per heavy atom. The number of hydrogen-bond acceptors (Lipinski definition) is 4. The van der Waals surface area contributed by atoms with Crippen LogP contribution in [-0.2, 0) is 5.41 Å². The molecule has 0 fully saturated rings. The number of carbonyl (C=O) groups is 2. The SMILES string of the molecule is CC1(C)c2ccccc2-c2cc3c4cc(-c5cccc6c5C(=O)c5c(cccc5-c5cc(-c7ccccc7)nc(-c7ccccc7)n5)C6=O)ccc4n(-c4ccccc4)c3cc21. The molecule has 5 heteroatoms. The van der Waals surface area contributed by atoms with E-state index < -0.39 is 0 Å². The van der Waals surface area contributed by atoms with Crippen molar-refractivity contribution in [1.29, 1.82) is 0 Å². The standard InChI is InChI=1S/C57H37N3O2/c1-57(2)46-27-13-12-22-39(46)43-31-45-44-30-36(28-29-50(44)60(51(45)32-47(43)57)37-20-10-5-11-21-37)38-23-14-25-41-52(38)55(62)53-40(24-15-26-42(53)54(41)61)49-33-48(34-16-6-3-7-17-34)58-56(59-49)35-18-8-4-9-19-35/h3-33H,1-2H3. The van der Waals surface area contributed by atoms with Gasteiger partial charge in [-0.2, -0.15) is 0 Å². The van der Waals surface area contributed by atoms with Crippen molar-refractivity contribution in [3.05, 3.63) is 221 Å². The monoisotopic (exact) mass is 795 g/mol. The Bertz CT molecular complexity index is 3450. The Morgan fingerprint density at radius 3 is 1.73 bits per heavy atom. The number of fused-ring (bicyclic) bond motifs is 8. The molecule has 0 bridgehead atoms. The third-order valence-corrected chi connectivity index (χ3v) is 13.0. The van der Waals surface area contributed by atoms with Crippen LogP contribution in [0.2, 0.25) is 0 Å². The molecule has 0 N–H and O–H groups in total. The van der Waals surface area contributed by atoms with Crippen molar-refractivity contribution in [3.8, 4) is 61.8 Å². The summed E-state index contributed by atoms with van der Waals surface area (Å²) in [5.74, 6) is 0.152. The first kappa shape index (κ1) is 35.9. The average Bonchev–Trinajstić information content (AvgIpc) is 3.77. The summed E-state index contributed by atoms with van der Waals surface area (Å²) in [6.45, 7) is 4.62. The molecule has 0 saturated carbocycles. The highest BCUT2D eigenvalue weighted by Crippen LogP contribution is 2.51. The molecule has 292 valence electrons. The predicted molar refractivity (Wildman–Crippen MR) is 249 cm³/mol. The second-order valence-electron chi connectivity index (χ2n) is 16.8. The zero-order chi connectivity index (χ0) is 41.7. The molecule has 0 spiro atoms. The van der Waals surface area contributed by atoms with E-state index in [9.17, 15) is 4.79 Å². The predicted octanol–water partition coefficient (Wildman–Crippen LogP) is 13.3. The van der Waals surface area contributed by atoms with Gasteiger partial charge in [0.05, 0.1) is 22.4 Å². The van der Waals surface area contributed by atoms with Crippen LogP contribution in [-0.4, -0.2) is 26.1 Å². The summed E-state index contributed by atoms with van der Waals surface area (Å²) in [5, 5.41) is 2.20. The normalized spacial score (nSPS) is 13.5. The number of benzene rings is 8. The molecule has 0 amide bonds. The van der Waals surface area contributed by atoms with Gasteiger partial charge in [-0.1, -0.05) is 159 Å². The first-order chi connectivity index (χ1) is 30.3. The van der Waals surface area contributed by atoms with Gasteiger partial charge < -0.3 is 4.57 Å². The quantitative estimate of drug-likeness (QED) is 0.174. The molecule has 5 nitrogen and oxygen atoms in total. The van der Waals surface area contributed by atoms with Gasteiger partial charge in [0.1, 0.15) is 0 Å². The largest absolute Gasteiger partial charge is 0.309 e. The van der Waals surface area contributed by atoms with Crippen molar-refractivity contribution < 1.29 is 9.59 Å². The highest BCUT2D eigenvalue weighted by atomic mass is 16.1. The van der Waals surface area contributed by atoms with Crippen molar-refractivity contribution >= 4 is 33.4 Å². The van der Waals surface area contributed by atoms with Crippen LogP contribution in [0, 0.1) is 0 Å². The van der Waals surface area contributed by atoms with Gasteiger partial charge >= 0.3 is 0 Å². The molecule has 0 radical (unpaired) electrons. The lowest BCUT2D eigenvalue weighted by Crippen LogP contribution is -2.23. The highest BCUT2D eigenvalue weighted by molar-refractivity contribution is 6.32. The molecule has 0 aliphatic heterocycles. The molecule has 12 rings (SSSR count). The number of hydrogen-bond donors (Lipinski definition) is 0. The van der Waals surface area contributed by atoms with E-state index in [1.807, 2.05) is 97.1 Å². The third-order valence-electron chi connectivity index (χ3n) is 13.0. The summed E-state index contributed by atoms with van der Waals surface area (Å²) in [7, 11) is 0. The first-order valence-corrected chi connectivity index (χ1v) is 21.0. The smallest absolute Gasteiger partial charge is 0.195 e. The zero-order valence-corrected chi connectivity index (χ0v) is 34.1. The Morgan fingerprint density at radius 2 is 0.984 bits per heavy atom. The summed E-state index contributed by atoms with van der Waals surface area (Å²) in [6, 6.07) is 63.3. The highest BCUT2D eigenvalue weighted by Gasteiger charge is 2.37. The number of carbonyl (C=O) groups excluding carboxylic acids is 2. The fourth-order valence-corrected chi connectivity index (χ4v) is 9.99. The van der Waals surface area contributed by atoms with E-state index in [1.165, 1.54) is 22.3 Å². The number of aromatic nitrogens is 3. The minimum Gasteiger partial charge on any atom is -0.309 e. The molecule has 0 saturated heterocycles. The molecule has 8 aromatic carbocycles. The van der Waals surface area contributed by atoms with E-state index in [0.717, 1.165) is 49.9 Å². The molecule has 62 heavy (non-hydrogen) atoms. The Labute approximate surface area is 358 Å². The van der Waals surface area contributed by atoms with Crippen molar-refractivity contribution in [2.75, 3.05) is 0 Å². The van der Waals surface area contributed by atoms with E-state index in [1.54, 1.807) is 12.1 Å². The van der Waals surface area contributed by atoms with Gasteiger partial charge in [-0.15, -0.1) is 0 Å². The lowest BCUT2D eigenvalue weighted by Gasteiger charge is -2.23. The van der Waals surface area contributed by atoms with Crippen molar-refractivity contribution in [2.45, 2.75) is 19.3 Å². The van der Waals surface area contributed by atoms with Gasteiger partial charge in [0.2, 0.25) is 0 Å². The van der Waals surface area contributed by atoms with Crippen molar-refractivity contribution in [3.63, 3.8) is 0 Å². The van der Waals surface area contributed by atoms with E-state index in [2.05, 4.69) is 97.3 Å². The molecular weight excluding hydrogens is 759 g/mol. The molecule has 0 atom stereocenters. The zero-order valence-electron chi connectivity index (χ0n) is 34.1. The van der Waals surface area contributed by atoms with E-state index in [0.29, 0.717) is 44.9 Å². The van der Waals surface area contributed by atoms with E-state index >= 15 is 4.79 Å². The fraction of sp³-hybridized carbons (Fsp3) is 0.0526. The summed E-state index contributed by atoms with van der Waals surface area (Å²) in [5.41, 5.74) is 15.0. The van der Waals surface area contributed by atoms with Crippen LogP contribution in [0.5, 0.6) is 0 Å². The van der Waals surface area contributed by atoms with Gasteiger partial charge in [0.15, 0.2) is 17.4 Å². The number of ketones is 2. The molecule has 2 aliphatic carbocycles. The fourth-order valence-electron chi connectivity index (χ4n) is 9.99. The maximum absolute atomic E-state index is 15.3. The van der Waals surface area contributed by atoms with Gasteiger partial charge in [-0.3, -0.25) is 9.59 Å². The van der Waals surface area contributed by atoms with Gasteiger partial charge in [0.25, 0.3) is 0 Å². The molecule has 10 aromatic rings. The van der Waals surface area contributed by atoms with Crippen molar-refractivity contribution in [2.24, 2.45) is 0 Å². The molecule has 2 aromatic heterocycles. The Balaban J connectivity index is 1.05. The molecule has 2 aliphatic rings. The van der Waals surface area contributed by atoms with Crippen LogP contribution in [0.15, 0.2) is 188 Å². The summed E-state index contributed by atoms with van der Waals surface area (Å²) >= 11 is 0. The van der Waals surface area contributed by atoms with Crippen LogP contribution in [0.1, 0.15) is 56.8 Å². The molecule has 2 heterocycles. The first-order valence-electron chi connectivity index (χ1n) is 21.0. The second kappa shape index (κ2) is 13.5. The number of para-hydroxylation sites is 1. The van der Waals surface area contributed by atoms with Crippen molar-refractivity contribution in [1.82, 2.24) is 14.5 Å². The lowest BCUT2D eigenvalue weighted by molar-refractivity contribution is 0.0980. The van der Waals surface area contributed by atoms with Gasteiger partial charge in [-0.05, 0) is 75.8 Å². The van der Waals surface area contributed by atoms with Crippen LogP contribution < -0.4 is 0 Å². The summed E-state index contributed by atoms with van der Waals surface area (Å²) in [6.07, 6.45) is 0. The second-order valence-corrected chi connectivity index (χ2v) is 16.8. The maximum Gasteiger partial charge on any atom is 0.195 e. The third kappa shape index (κ3) is 5.28. The number of nitrogens with zero attached hydrogens (tertiary/aromatic N) is 3. The molecule has 0 unspecified atom stereocenters. The van der Waals surface area contributed by atoms with Crippen LogP contribution >= 0.6 is 0 Å². The van der Waals surface area contributed by atoms with E-state index in [-0.39, 0.29) is 17.0 Å². The van der Waals surface area contributed by atoms with Gasteiger partial charge in [-0.25, -0.2) is 9.97 Å². The topological polar surface area (TPSA) is 64.8 Å². The average molecular weight is 796 g/mol. The molecular formula is C57H37N3O2. The summed E-state index contributed by atoms with van der Waals surface area (Å²) < 4.78 is 2.35. The van der Waals surface area contributed by atoms with Crippen LogP contribution in [0.25, 0.3) is 83.6 Å². The minimum absolute atomic E-state index is 0.160. The maximum atomic E-state index is 15.3. The van der Waals surface area contributed by atoms with E-state index in [4.69, 9.17) is 9.97 Å². The van der Waals surface area contributed by atoms with Crippen LogP contribution in [0.3, 0.4) is 0 Å². The summed E-state index contributed by atoms with van der Waals surface area (Å²) in [4.78, 5) is 40.0. The number of rotatable bonds is 5.